The fraction of sp³-hybridized carbons (Fsp3) is 0.636. The molecule has 1 aromatic heterocycles. The molecule has 1 aromatic rings. The molecule has 1 atom stereocenters. The normalized spacial score (nSPS) is 24.6. The maximum Gasteiger partial charge on any atom is 0.274 e. The highest BCUT2D eigenvalue weighted by Gasteiger charge is 2.35. The van der Waals surface area contributed by atoms with Gasteiger partial charge in [-0.25, -0.2) is 13.1 Å². The van der Waals surface area contributed by atoms with Crippen LogP contribution in [-0.4, -0.2) is 34.2 Å². The van der Waals surface area contributed by atoms with E-state index in [0.717, 1.165) is 0 Å². The Labute approximate surface area is 107 Å². The summed E-state index contributed by atoms with van der Waals surface area (Å²) in [4.78, 5) is 0. The molecular weight excluding hydrogens is 256 g/mol. The summed E-state index contributed by atoms with van der Waals surface area (Å²) in [5.41, 5.74) is -0.547. The number of sulfonamides is 1. The first kappa shape index (κ1) is 13.5. The molecule has 1 saturated heterocycles. The molecule has 1 unspecified atom stereocenters. The van der Waals surface area contributed by atoms with Gasteiger partial charge in [0.05, 0.1) is 18.7 Å². The van der Waals surface area contributed by atoms with Crippen molar-refractivity contribution >= 4 is 10.0 Å². The molecule has 0 bridgehead atoms. The predicted octanol–water partition coefficient (Wildman–Crippen LogP) is 0.456. The lowest BCUT2D eigenvalue weighted by molar-refractivity contribution is 0.178. The van der Waals surface area contributed by atoms with Crippen molar-refractivity contribution in [2.24, 2.45) is 0 Å². The van der Waals surface area contributed by atoms with E-state index in [2.05, 4.69) is 10.0 Å². The SMILES string of the molecule is CNCc1ccc(S(=O)(=O)NC2(C)CCOC2)o1. The van der Waals surface area contributed by atoms with Crippen LogP contribution in [0, 0.1) is 0 Å². The third kappa shape index (κ3) is 2.92. The molecule has 0 radical (unpaired) electrons. The smallest absolute Gasteiger partial charge is 0.274 e. The first-order chi connectivity index (χ1) is 8.45. The summed E-state index contributed by atoms with van der Waals surface area (Å²) < 4.78 is 37.4. The minimum absolute atomic E-state index is 0.0547. The third-order valence-electron chi connectivity index (χ3n) is 2.85. The van der Waals surface area contributed by atoms with Crippen molar-refractivity contribution in [3.63, 3.8) is 0 Å². The second-order valence-electron chi connectivity index (χ2n) is 4.72. The van der Waals surface area contributed by atoms with Crippen LogP contribution in [0.3, 0.4) is 0 Å². The van der Waals surface area contributed by atoms with Crippen LogP contribution < -0.4 is 10.0 Å². The Morgan fingerprint density at radius 1 is 1.44 bits per heavy atom. The van der Waals surface area contributed by atoms with Crippen LogP contribution in [0.25, 0.3) is 0 Å². The average Bonchev–Trinajstić information content (AvgIpc) is 2.87. The number of rotatable bonds is 5. The van der Waals surface area contributed by atoms with Gasteiger partial charge in [-0.2, -0.15) is 0 Å². The van der Waals surface area contributed by atoms with Crippen molar-refractivity contribution in [2.45, 2.75) is 30.5 Å². The van der Waals surface area contributed by atoms with Crippen LogP contribution >= 0.6 is 0 Å². The molecule has 102 valence electrons. The molecule has 6 nitrogen and oxygen atoms in total. The van der Waals surface area contributed by atoms with Gasteiger partial charge in [0.15, 0.2) is 0 Å². The summed E-state index contributed by atoms with van der Waals surface area (Å²) in [5.74, 6) is 0.589. The maximum absolute atomic E-state index is 12.1. The topological polar surface area (TPSA) is 80.6 Å². The molecule has 18 heavy (non-hydrogen) atoms. The highest BCUT2D eigenvalue weighted by molar-refractivity contribution is 7.89. The number of hydrogen-bond donors (Lipinski definition) is 2. The monoisotopic (exact) mass is 274 g/mol. The third-order valence-corrected chi connectivity index (χ3v) is 4.36. The maximum atomic E-state index is 12.1. The molecule has 0 saturated carbocycles. The van der Waals surface area contributed by atoms with E-state index in [-0.39, 0.29) is 5.09 Å². The van der Waals surface area contributed by atoms with E-state index in [0.29, 0.717) is 31.9 Å². The lowest BCUT2D eigenvalue weighted by Gasteiger charge is -2.22. The highest BCUT2D eigenvalue weighted by Crippen LogP contribution is 2.22. The van der Waals surface area contributed by atoms with Gasteiger partial charge in [0, 0.05) is 6.61 Å². The summed E-state index contributed by atoms with van der Waals surface area (Å²) >= 11 is 0. The molecule has 0 amide bonds. The first-order valence-electron chi connectivity index (χ1n) is 5.80. The van der Waals surface area contributed by atoms with Gasteiger partial charge in [-0.3, -0.25) is 0 Å². The van der Waals surface area contributed by atoms with Gasteiger partial charge in [0.2, 0.25) is 5.09 Å². The van der Waals surface area contributed by atoms with Gasteiger partial charge in [0.1, 0.15) is 5.76 Å². The first-order valence-corrected chi connectivity index (χ1v) is 7.29. The second kappa shape index (κ2) is 5.00. The predicted molar refractivity (Wildman–Crippen MR) is 65.6 cm³/mol. The van der Waals surface area contributed by atoms with Crippen molar-refractivity contribution in [3.05, 3.63) is 17.9 Å². The van der Waals surface area contributed by atoms with E-state index in [1.807, 2.05) is 6.92 Å². The van der Waals surface area contributed by atoms with E-state index in [4.69, 9.17) is 9.15 Å². The van der Waals surface area contributed by atoms with Gasteiger partial charge >= 0.3 is 0 Å². The zero-order valence-corrected chi connectivity index (χ0v) is 11.3. The number of nitrogens with one attached hydrogen (secondary N) is 2. The zero-order chi connectivity index (χ0) is 13.2. The minimum Gasteiger partial charge on any atom is -0.447 e. The van der Waals surface area contributed by atoms with Crippen molar-refractivity contribution in [3.8, 4) is 0 Å². The summed E-state index contributed by atoms with van der Waals surface area (Å²) in [6.07, 6.45) is 0.663. The van der Waals surface area contributed by atoms with Crippen molar-refractivity contribution < 1.29 is 17.6 Å². The van der Waals surface area contributed by atoms with E-state index >= 15 is 0 Å². The number of furan rings is 1. The van der Waals surface area contributed by atoms with Crippen LogP contribution in [0.15, 0.2) is 21.6 Å². The van der Waals surface area contributed by atoms with Crippen LogP contribution in [0.5, 0.6) is 0 Å². The Bertz CT molecular complexity index is 503. The average molecular weight is 274 g/mol. The van der Waals surface area contributed by atoms with Crippen LogP contribution in [0.1, 0.15) is 19.1 Å². The lowest BCUT2D eigenvalue weighted by atomic mass is 10.0. The largest absolute Gasteiger partial charge is 0.447 e. The molecule has 0 aromatic carbocycles. The van der Waals surface area contributed by atoms with Gasteiger partial charge in [-0.1, -0.05) is 0 Å². The van der Waals surface area contributed by atoms with E-state index in [1.54, 1.807) is 13.1 Å². The fourth-order valence-corrected chi connectivity index (χ4v) is 3.27. The second-order valence-corrected chi connectivity index (χ2v) is 6.33. The number of ether oxygens (including phenoxy) is 1. The molecular formula is C11H18N2O4S. The van der Waals surface area contributed by atoms with Crippen molar-refractivity contribution in [1.29, 1.82) is 0 Å². The molecule has 0 aliphatic carbocycles. The van der Waals surface area contributed by atoms with Crippen LogP contribution in [-0.2, 0) is 21.3 Å². The highest BCUT2D eigenvalue weighted by atomic mass is 32.2. The van der Waals surface area contributed by atoms with Gasteiger partial charge in [0.25, 0.3) is 10.0 Å². The standard InChI is InChI=1S/C11H18N2O4S/c1-11(5-6-16-8-11)13-18(14,15)10-4-3-9(17-10)7-12-2/h3-4,12-13H,5-8H2,1-2H3. The Kier molecular flexibility index (Phi) is 3.76. The van der Waals surface area contributed by atoms with E-state index in [9.17, 15) is 8.42 Å². The summed E-state index contributed by atoms with van der Waals surface area (Å²) in [6.45, 7) is 3.28. The van der Waals surface area contributed by atoms with Crippen LogP contribution in [0.4, 0.5) is 0 Å². The Morgan fingerprint density at radius 3 is 2.83 bits per heavy atom. The summed E-state index contributed by atoms with van der Waals surface area (Å²) in [5, 5.41) is 2.85. The van der Waals surface area contributed by atoms with E-state index < -0.39 is 15.6 Å². The summed E-state index contributed by atoms with van der Waals surface area (Å²) in [7, 11) is -1.85. The minimum atomic E-state index is -3.62. The molecule has 2 N–H and O–H groups in total. The van der Waals surface area contributed by atoms with Gasteiger partial charge in [-0.15, -0.1) is 0 Å². The summed E-state index contributed by atoms with van der Waals surface area (Å²) in [6, 6.07) is 3.12. The quantitative estimate of drug-likeness (QED) is 0.815. The van der Waals surface area contributed by atoms with Crippen molar-refractivity contribution in [1.82, 2.24) is 10.0 Å². The van der Waals surface area contributed by atoms with Crippen LogP contribution in [0.2, 0.25) is 0 Å². The molecule has 1 fully saturated rings. The Hall–Kier alpha value is -0.890. The van der Waals surface area contributed by atoms with Gasteiger partial charge in [-0.05, 0) is 32.5 Å². The molecule has 2 rings (SSSR count). The van der Waals surface area contributed by atoms with Crippen molar-refractivity contribution in [2.75, 3.05) is 20.3 Å². The lowest BCUT2D eigenvalue weighted by Crippen LogP contribution is -2.46. The molecule has 1 aliphatic heterocycles. The molecule has 0 spiro atoms. The Morgan fingerprint density at radius 2 is 2.22 bits per heavy atom. The molecule has 7 heteroatoms. The molecule has 1 aliphatic rings. The van der Waals surface area contributed by atoms with Gasteiger partial charge < -0.3 is 14.5 Å². The fourth-order valence-electron chi connectivity index (χ4n) is 1.89. The van der Waals surface area contributed by atoms with E-state index in [1.165, 1.54) is 6.07 Å². The molecule has 2 heterocycles. The zero-order valence-electron chi connectivity index (χ0n) is 10.5. The number of hydrogen-bond acceptors (Lipinski definition) is 5. The Balaban J connectivity index is 2.14.